The first-order valence-electron chi connectivity index (χ1n) is 9.11. The molecule has 0 saturated heterocycles. The van der Waals surface area contributed by atoms with Crippen molar-refractivity contribution in [2.75, 3.05) is 6.61 Å². The Bertz CT molecular complexity index is 911. The fraction of sp³-hybridized carbons (Fsp3) is 0.227. The van der Waals surface area contributed by atoms with Gasteiger partial charge in [-0.25, -0.2) is 0 Å². The Kier molecular flexibility index (Phi) is 7.28. The van der Waals surface area contributed by atoms with Crippen molar-refractivity contribution in [2.24, 2.45) is 0 Å². The molecule has 1 aromatic heterocycles. The highest BCUT2D eigenvalue weighted by Crippen LogP contribution is 2.32. The first-order chi connectivity index (χ1) is 13.6. The van der Waals surface area contributed by atoms with Gasteiger partial charge in [-0.3, -0.25) is 4.79 Å². The largest absolute Gasteiger partial charge is 0.593 e. The summed E-state index contributed by atoms with van der Waals surface area (Å²) >= 11 is 0.117. The van der Waals surface area contributed by atoms with E-state index in [2.05, 4.69) is 10.1 Å². The van der Waals surface area contributed by atoms with Gasteiger partial charge in [0.2, 0.25) is 0 Å². The Morgan fingerprint density at radius 2 is 1.93 bits per heavy atom. The minimum absolute atomic E-state index is 0.125. The molecule has 3 aromatic rings. The Morgan fingerprint density at radius 3 is 2.64 bits per heavy atom. The van der Waals surface area contributed by atoms with Crippen molar-refractivity contribution in [2.45, 2.75) is 31.2 Å². The smallest absolute Gasteiger partial charge is 0.307 e. The summed E-state index contributed by atoms with van der Waals surface area (Å²) in [5.41, 5.74) is 3.23. The molecule has 3 rings (SSSR count). The van der Waals surface area contributed by atoms with Crippen molar-refractivity contribution in [3.05, 3.63) is 76.5 Å². The van der Waals surface area contributed by atoms with E-state index in [0.29, 0.717) is 11.5 Å². The van der Waals surface area contributed by atoms with Gasteiger partial charge >= 0.3 is 5.97 Å². The van der Waals surface area contributed by atoms with Gasteiger partial charge < -0.3 is 9.29 Å². The van der Waals surface area contributed by atoms with Crippen molar-refractivity contribution in [1.82, 2.24) is 4.72 Å². The lowest BCUT2D eigenvalue weighted by Crippen LogP contribution is -2.30. The lowest BCUT2D eigenvalue weighted by molar-refractivity contribution is -0.143. The molecule has 0 spiro atoms. The Labute approximate surface area is 172 Å². The van der Waals surface area contributed by atoms with Crippen LogP contribution in [0.25, 0.3) is 11.1 Å². The third-order valence-electron chi connectivity index (χ3n) is 4.20. The fourth-order valence-electron chi connectivity index (χ4n) is 2.83. The number of hydrogen-bond acceptors (Lipinski definition) is 5. The van der Waals surface area contributed by atoms with Gasteiger partial charge in [-0.2, -0.15) is 0 Å². The van der Waals surface area contributed by atoms with Crippen molar-refractivity contribution in [3.8, 4) is 11.1 Å². The van der Waals surface area contributed by atoms with Crippen LogP contribution in [0.3, 0.4) is 0 Å². The van der Waals surface area contributed by atoms with Gasteiger partial charge in [-0.1, -0.05) is 42.5 Å². The van der Waals surface area contributed by atoms with Gasteiger partial charge in [-0.05, 0) is 54.1 Å². The van der Waals surface area contributed by atoms with E-state index in [0.717, 1.165) is 21.6 Å². The van der Waals surface area contributed by atoms with Gasteiger partial charge in [0.25, 0.3) is 0 Å². The van der Waals surface area contributed by atoms with E-state index >= 15 is 0 Å². The summed E-state index contributed by atoms with van der Waals surface area (Å²) in [5, 5.41) is 2.06. The maximum atomic E-state index is 12.8. The Balaban J connectivity index is 1.82. The molecule has 0 radical (unpaired) electrons. The van der Waals surface area contributed by atoms with Crippen LogP contribution in [0.1, 0.15) is 29.8 Å². The molecule has 0 saturated carbocycles. The zero-order chi connectivity index (χ0) is 19.9. The molecule has 1 heterocycles. The molecular formula is C22H23NO3S2. The first-order valence-corrected chi connectivity index (χ1v) is 11.1. The van der Waals surface area contributed by atoms with Crippen LogP contribution in [0.5, 0.6) is 0 Å². The molecule has 0 bridgehead atoms. The van der Waals surface area contributed by atoms with Crippen LogP contribution in [0.15, 0.2) is 70.9 Å². The van der Waals surface area contributed by atoms with Crippen LogP contribution in [-0.4, -0.2) is 17.1 Å². The molecule has 0 aliphatic rings. The predicted octanol–water partition coefficient (Wildman–Crippen LogP) is 5.03. The van der Waals surface area contributed by atoms with E-state index in [4.69, 9.17) is 4.74 Å². The molecule has 1 unspecified atom stereocenters. The highest BCUT2D eigenvalue weighted by Gasteiger charge is 2.25. The topological polar surface area (TPSA) is 61.4 Å². The number of carbonyl (C=O) groups excluding carboxylic acids is 1. The lowest BCUT2D eigenvalue weighted by atomic mass is 10.1. The molecule has 2 atom stereocenters. The highest BCUT2D eigenvalue weighted by molar-refractivity contribution is 7.89. The van der Waals surface area contributed by atoms with Crippen molar-refractivity contribution in [3.63, 3.8) is 0 Å². The number of carbonyl (C=O) groups is 1. The lowest BCUT2D eigenvalue weighted by Gasteiger charge is -2.18. The number of benzene rings is 2. The van der Waals surface area contributed by atoms with E-state index in [1.54, 1.807) is 18.3 Å². The van der Waals surface area contributed by atoms with Crippen molar-refractivity contribution >= 4 is 28.7 Å². The summed E-state index contributed by atoms with van der Waals surface area (Å²) in [5.74, 6) is -0.309. The maximum absolute atomic E-state index is 12.8. The summed E-state index contributed by atoms with van der Waals surface area (Å²) in [4.78, 5) is 13.8. The third kappa shape index (κ3) is 5.45. The zero-order valence-electron chi connectivity index (χ0n) is 15.9. The quantitative estimate of drug-likeness (QED) is 0.416. The monoisotopic (exact) mass is 413 g/mol. The molecule has 0 amide bonds. The second-order valence-electron chi connectivity index (χ2n) is 6.37. The zero-order valence-corrected chi connectivity index (χ0v) is 17.5. The average Bonchev–Trinajstić information content (AvgIpc) is 3.18. The standard InChI is InChI=1S/C22H23NO3S2/c1-3-26-22(24)14-20(23-28(25)19-11-7-8-16(2)12-19)21-13-18(15-27-21)17-9-5-4-6-10-17/h4-13,15,20,23H,3,14H2,1-2H3/t20?,28-/m1/s1. The predicted molar refractivity (Wildman–Crippen MR) is 114 cm³/mol. The number of nitrogens with one attached hydrogen (secondary N) is 1. The summed E-state index contributed by atoms with van der Waals surface area (Å²) in [6.45, 7) is 4.07. The molecule has 0 aliphatic heterocycles. The number of thiophene rings is 1. The number of ether oxygens (including phenoxy) is 1. The first kappa shape index (κ1) is 20.6. The third-order valence-corrected chi connectivity index (χ3v) is 6.43. The molecule has 1 N–H and O–H groups in total. The summed E-state index contributed by atoms with van der Waals surface area (Å²) in [7, 11) is 0. The summed E-state index contributed by atoms with van der Waals surface area (Å²) in [6, 6.07) is 19.3. The van der Waals surface area contributed by atoms with Gasteiger partial charge in [-0.15, -0.1) is 16.1 Å². The molecule has 2 aromatic carbocycles. The molecular weight excluding hydrogens is 390 g/mol. The average molecular weight is 414 g/mol. The van der Waals surface area contributed by atoms with Gasteiger partial charge in [0.05, 0.1) is 30.4 Å². The Hall–Kier alpha value is -2.12. The highest BCUT2D eigenvalue weighted by atomic mass is 32.2. The molecule has 6 heteroatoms. The second-order valence-corrected chi connectivity index (χ2v) is 8.56. The molecule has 0 aliphatic carbocycles. The normalized spacial score (nSPS) is 13.1. The van der Waals surface area contributed by atoms with Gasteiger partial charge in [0.1, 0.15) is 0 Å². The number of rotatable bonds is 8. The minimum atomic E-state index is -1.43. The maximum Gasteiger partial charge on any atom is 0.307 e. The number of aryl methyl sites for hydroxylation is 1. The van der Waals surface area contributed by atoms with Gasteiger partial charge in [0, 0.05) is 4.88 Å². The van der Waals surface area contributed by atoms with Crippen LogP contribution in [0, 0.1) is 6.92 Å². The summed E-state index contributed by atoms with van der Waals surface area (Å²) < 4.78 is 21.1. The molecule has 4 nitrogen and oxygen atoms in total. The molecule has 0 fully saturated rings. The molecule has 146 valence electrons. The SMILES string of the molecule is CCOC(=O)CC(N[S@+]([O-])c1cccc(C)c1)c1cc(-c2ccccc2)cs1. The van der Waals surface area contributed by atoms with Crippen LogP contribution < -0.4 is 4.72 Å². The summed E-state index contributed by atoms with van der Waals surface area (Å²) in [6.07, 6.45) is 0.125. The van der Waals surface area contributed by atoms with E-state index < -0.39 is 11.4 Å². The van der Waals surface area contributed by atoms with Crippen LogP contribution in [0.4, 0.5) is 0 Å². The fourth-order valence-corrected chi connectivity index (χ4v) is 4.98. The Morgan fingerprint density at radius 1 is 1.14 bits per heavy atom. The van der Waals surface area contributed by atoms with Crippen LogP contribution in [-0.2, 0) is 20.9 Å². The van der Waals surface area contributed by atoms with E-state index in [9.17, 15) is 9.35 Å². The van der Waals surface area contributed by atoms with E-state index in [1.807, 2.05) is 67.6 Å². The van der Waals surface area contributed by atoms with Crippen LogP contribution >= 0.6 is 11.3 Å². The van der Waals surface area contributed by atoms with E-state index in [-0.39, 0.29) is 18.4 Å². The van der Waals surface area contributed by atoms with E-state index in [1.165, 1.54) is 0 Å². The van der Waals surface area contributed by atoms with Crippen LogP contribution in [0.2, 0.25) is 0 Å². The van der Waals surface area contributed by atoms with Crippen molar-refractivity contribution < 1.29 is 14.1 Å². The van der Waals surface area contributed by atoms with Gasteiger partial charge in [0.15, 0.2) is 4.90 Å². The number of esters is 1. The molecule has 28 heavy (non-hydrogen) atoms. The minimum Gasteiger partial charge on any atom is -0.593 e. The second kappa shape index (κ2) is 9.89. The van der Waals surface area contributed by atoms with Crippen molar-refractivity contribution in [1.29, 1.82) is 0 Å². The number of hydrogen-bond donors (Lipinski definition) is 1.